The van der Waals surface area contributed by atoms with E-state index in [2.05, 4.69) is 12.8 Å². The summed E-state index contributed by atoms with van der Waals surface area (Å²) in [6.45, 7) is 2.90. The van der Waals surface area contributed by atoms with Crippen LogP contribution in [0.15, 0.2) is 24.3 Å². The van der Waals surface area contributed by atoms with Gasteiger partial charge in [-0.2, -0.15) is 0 Å². The molecule has 0 heterocycles. The molecule has 68 valence electrons. The molecule has 1 aromatic carbocycles. The van der Waals surface area contributed by atoms with Crippen molar-refractivity contribution in [3.05, 3.63) is 36.3 Å². The van der Waals surface area contributed by atoms with Crippen molar-refractivity contribution < 1.29 is 23.6 Å². The number of unbranched alkanes of at least 4 members (excludes halogenated alkanes) is 1. The molecule has 0 bridgehead atoms. The van der Waals surface area contributed by atoms with Gasteiger partial charge in [0.1, 0.15) is 5.75 Å². The third-order valence-corrected chi connectivity index (χ3v) is 1.77. The molecule has 0 unspecified atom stereocenters. The third kappa shape index (κ3) is 4.42. The van der Waals surface area contributed by atoms with Crippen molar-refractivity contribution in [3.8, 4) is 11.7 Å². The molecule has 0 aliphatic rings. The van der Waals surface area contributed by atoms with Crippen molar-refractivity contribution in [2.45, 2.75) is 19.8 Å². The third-order valence-electron chi connectivity index (χ3n) is 1.77. The molecule has 1 nitrogen and oxygen atoms in total. The predicted molar refractivity (Wildman–Crippen MR) is 53.1 cm³/mol. The van der Waals surface area contributed by atoms with Gasteiger partial charge in [-0.1, -0.05) is 13.3 Å². The van der Waals surface area contributed by atoms with Gasteiger partial charge >= 0.3 is 18.9 Å². The zero-order chi connectivity index (χ0) is 9.52. The molecule has 2 heteroatoms. The maximum absolute atomic E-state index is 6.89. The van der Waals surface area contributed by atoms with Gasteiger partial charge in [-0.15, -0.1) is 17.7 Å². The van der Waals surface area contributed by atoms with Crippen LogP contribution < -0.4 is 23.6 Å². The second-order valence-corrected chi connectivity index (χ2v) is 2.85. The largest absolute Gasteiger partial charge is 1.00 e. The first kappa shape index (κ1) is 13.2. The van der Waals surface area contributed by atoms with E-state index < -0.39 is 0 Å². The smallest absolute Gasteiger partial charge is 0.494 e. The molecule has 0 atom stereocenters. The summed E-state index contributed by atoms with van der Waals surface area (Å²) in [4.78, 5) is 0. The minimum absolute atomic E-state index is 0. The zero-order valence-corrected chi connectivity index (χ0v) is 8.84. The predicted octanol–water partition coefficient (Wildman–Crippen LogP) is -0.193. The van der Waals surface area contributed by atoms with Gasteiger partial charge in [0.2, 0.25) is 0 Å². The van der Waals surface area contributed by atoms with Crippen molar-refractivity contribution >= 4 is 0 Å². The number of hydrogen-bond acceptors (Lipinski definition) is 1. The van der Waals surface area contributed by atoms with E-state index >= 15 is 0 Å². The van der Waals surface area contributed by atoms with Crippen LogP contribution in [-0.2, 0) is 0 Å². The SMILES string of the molecule is [C-]#Cc1ccc(OCCCC)cc1.[Li+]. The molecule has 0 aliphatic heterocycles. The van der Waals surface area contributed by atoms with Gasteiger partial charge in [-0.05, 0) is 18.6 Å². The van der Waals surface area contributed by atoms with Crippen molar-refractivity contribution in [3.63, 3.8) is 0 Å². The van der Waals surface area contributed by atoms with Gasteiger partial charge in [0, 0.05) is 0 Å². The van der Waals surface area contributed by atoms with Gasteiger partial charge in [0.05, 0.1) is 6.61 Å². The molecule has 0 spiro atoms. The molecular weight excluding hydrogens is 167 g/mol. The molecule has 0 saturated carbocycles. The normalized spacial score (nSPS) is 8.57. The minimum Gasteiger partial charge on any atom is -0.494 e. The van der Waals surface area contributed by atoms with Crippen LogP contribution in [0.5, 0.6) is 5.75 Å². The Hall–Kier alpha value is -0.823. The first-order chi connectivity index (χ1) is 6.36. The molecule has 14 heavy (non-hydrogen) atoms. The average Bonchev–Trinajstić information content (AvgIpc) is 2.19. The number of hydrogen-bond donors (Lipinski definition) is 0. The Morgan fingerprint density at radius 1 is 1.29 bits per heavy atom. The average molecular weight is 180 g/mol. The number of ether oxygens (including phenoxy) is 1. The molecule has 0 N–H and O–H groups in total. The molecular formula is C12H13LiO. The summed E-state index contributed by atoms with van der Waals surface area (Å²) in [6.07, 6.45) is 9.12. The van der Waals surface area contributed by atoms with Crippen molar-refractivity contribution in [1.82, 2.24) is 0 Å². The van der Waals surface area contributed by atoms with Crippen LogP contribution in [0.4, 0.5) is 0 Å². The summed E-state index contributed by atoms with van der Waals surface area (Å²) in [5.74, 6) is 3.18. The van der Waals surface area contributed by atoms with Crippen molar-refractivity contribution in [1.29, 1.82) is 0 Å². The molecule has 1 rings (SSSR count). The van der Waals surface area contributed by atoms with Gasteiger partial charge < -0.3 is 11.2 Å². The van der Waals surface area contributed by atoms with Crippen LogP contribution in [0.25, 0.3) is 0 Å². The molecule has 0 amide bonds. The van der Waals surface area contributed by atoms with Crippen LogP contribution in [-0.4, -0.2) is 6.61 Å². The van der Waals surface area contributed by atoms with Crippen molar-refractivity contribution in [2.75, 3.05) is 6.61 Å². The van der Waals surface area contributed by atoms with E-state index in [-0.39, 0.29) is 18.9 Å². The summed E-state index contributed by atoms with van der Waals surface area (Å²) in [5, 5.41) is 0. The summed E-state index contributed by atoms with van der Waals surface area (Å²) in [6, 6.07) is 7.39. The second-order valence-electron chi connectivity index (χ2n) is 2.85. The quantitative estimate of drug-likeness (QED) is 0.270. The molecule has 0 fully saturated rings. The molecule has 0 aromatic heterocycles. The van der Waals surface area contributed by atoms with Gasteiger partial charge in [0.15, 0.2) is 0 Å². The van der Waals surface area contributed by atoms with Crippen LogP contribution in [0.3, 0.4) is 0 Å². The van der Waals surface area contributed by atoms with Crippen LogP contribution in [0, 0.1) is 12.3 Å². The molecule has 0 radical (unpaired) electrons. The minimum atomic E-state index is 0. The summed E-state index contributed by atoms with van der Waals surface area (Å²) >= 11 is 0. The molecule has 1 aromatic rings. The van der Waals surface area contributed by atoms with E-state index in [1.807, 2.05) is 24.3 Å². The number of rotatable bonds is 4. The number of benzene rings is 1. The molecule has 0 aliphatic carbocycles. The maximum Gasteiger partial charge on any atom is 1.00 e. The van der Waals surface area contributed by atoms with E-state index in [9.17, 15) is 0 Å². The van der Waals surface area contributed by atoms with E-state index in [1.165, 1.54) is 0 Å². The fourth-order valence-electron chi connectivity index (χ4n) is 0.969. The topological polar surface area (TPSA) is 9.23 Å². The van der Waals surface area contributed by atoms with E-state index in [0.717, 1.165) is 30.8 Å². The fraction of sp³-hybridized carbons (Fsp3) is 0.333. The van der Waals surface area contributed by atoms with Crippen LogP contribution >= 0.6 is 0 Å². The first-order valence-electron chi connectivity index (χ1n) is 4.52. The van der Waals surface area contributed by atoms with E-state index in [0.29, 0.717) is 0 Å². The van der Waals surface area contributed by atoms with Crippen molar-refractivity contribution in [2.24, 2.45) is 0 Å². The Morgan fingerprint density at radius 2 is 1.93 bits per heavy atom. The Bertz CT molecular complexity index is 284. The Balaban J connectivity index is 0.00000169. The Labute approximate surface area is 98.0 Å². The first-order valence-corrected chi connectivity index (χ1v) is 4.52. The van der Waals surface area contributed by atoms with Crippen LogP contribution in [0.1, 0.15) is 25.3 Å². The van der Waals surface area contributed by atoms with Gasteiger partial charge in [-0.3, -0.25) is 5.92 Å². The zero-order valence-electron chi connectivity index (χ0n) is 8.84. The van der Waals surface area contributed by atoms with Crippen LogP contribution in [0.2, 0.25) is 0 Å². The summed E-state index contributed by atoms with van der Waals surface area (Å²) in [5.41, 5.74) is 0.780. The molecule has 0 saturated heterocycles. The fourth-order valence-corrected chi connectivity index (χ4v) is 0.969. The standard InChI is InChI=1S/C12H13O.Li/c1-3-5-10-13-12-8-6-11(4-2)7-9-12;/h6-9H,3,5,10H2,1H3;/q-1;+1. The Morgan fingerprint density at radius 3 is 2.43 bits per heavy atom. The van der Waals surface area contributed by atoms with E-state index in [4.69, 9.17) is 11.2 Å². The maximum atomic E-state index is 6.89. The van der Waals surface area contributed by atoms with E-state index in [1.54, 1.807) is 0 Å². The van der Waals surface area contributed by atoms with Gasteiger partial charge in [0.25, 0.3) is 0 Å². The summed E-state index contributed by atoms with van der Waals surface area (Å²) < 4.78 is 5.46. The van der Waals surface area contributed by atoms with Gasteiger partial charge in [-0.25, -0.2) is 0 Å². The second kappa shape index (κ2) is 7.57. The monoisotopic (exact) mass is 180 g/mol. The Kier molecular flexibility index (Phi) is 7.12. The summed E-state index contributed by atoms with van der Waals surface area (Å²) in [7, 11) is 0.